The molecule has 0 aliphatic rings. The van der Waals surface area contributed by atoms with Crippen LogP contribution >= 0.6 is 79.6 Å². The molecule has 0 aliphatic heterocycles. The molecule has 1 aromatic rings. The molecule has 0 nitrogen and oxygen atoms in total. The number of hydrogen-bond donors (Lipinski definition) is 0. The summed E-state index contributed by atoms with van der Waals surface area (Å²) in [5, 5.41) is -0.579. The molecule has 1 unspecified atom stereocenters. The van der Waals surface area contributed by atoms with Gasteiger partial charge in [-0.2, -0.15) is 0 Å². The molecule has 0 N–H and O–H groups in total. The van der Waals surface area contributed by atoms with Gasteiger partial charge in [0.25, 0.3) is 0 Å². The van der Waals surface area contributed by atoms with Gasteiger partial charge in [0.15, 0.2) is 4.33 Å². The van der Waals surface area contributed by atoms with Crippen LogP contribution in [0, 0.1) is 0 Å². The highest BCUT2D eigenvalue weighted by atomic mass is 35.5. The Hall–Kier alpha value is 1.37. The standard InChI is InChI=1S/C10H9Cl5S2/c1-7(11)9(12,13)10(14,15)17-16-8-5-3-2-4-6-8/h2-7H,1H3. The van der Waals surface area contributed by atoms with E-state index in [4.69, 9.17) is 58.0 Å². The van der Waals surface area contributed by atoms with Crippen molar-refractivity contribution >= 4 is 79.6 Å². The molecule has 0 fully saturated rings. The summed E-state index contributed by atoms with van der Waals surface area (Å²) in [6, 6.07) is 9.65. The molecule has 0 radical (unpaired) electrons. The minimum absolute atomic E-state index is 0.579. The van der Waals surface area contributed by atoms with Gasteiger partial charge >= 0.3 is 0 Å². The lowest BCUT2D eigenvalue weighted by atomic mass is 10.3. The normalized spacial score (nSPS) is 14.7. The van der Waals surface area contributed by atoms with Crippen LogP contribution in [-0.4, -0.2) is 13.4 Å². The summed E-state index contributed by atoms with van der Waals surface area (Å²) in [5.41, 5.74) is 0. The Morgan fingerprint density at radius 3 is 2.06 bits per heavy atom. The fraction of sp³-hybridized carbons (Fsp3) is 0.400. The highest BCUT2D eigenvalue weighted by molar-refractivity contribution is 8.77. The summed E-state index contributed by atoms with van der Waals surface area (Å²) >= 11 is 30.3. The first-order valence-electron chi connectivity index (χ1n) is 4.58. The molecule has 0 heterocycles. The monoisotopic (exact) mass is 368 g/mol. The number of rotatable bonds is 5. The van der Waals surface area contributed by atoms with E-state index in [1.54, 1.807) is 6.92 Å². The van der Waals surface area contributed by atoms with Crippen LogP contribution < -0.4 is 0 Å². The third-order valence-electron chi connectivity index (χ3n) is 1.87. The van der Waals surface area contributed by atoms with Crippen molar-refractivity contribution in [1.82, 2.24) is 0 Å². The SMILES string of the molecule is CC(Cl)C(Cl)(Cl)C(Cl)(Cl)SSc1ccccc1. The first-order chi connectivity index (χ1) is 7.77. The van der Waals surface area contributed by atoms with Gasteiger partial charge in [-0.3, -0.25) is 0 Å². The molecular formula is C10H9Cl5S2. The summed E-state index contributed by atoms with van der Waals surface area (Å²) in [7, 11) is 2.56. The van der Waals surface area contributed by atoms with Crippen LogP contribution in [0.15, 0.2) is 35.2 Å². The van der Waals surface area contributed by atoms with Gasteiger partial charge in [0, 0.05) is 4.90 Å². The molecule has 0 aromatic heterocycles. The van der Waals surface area contributed by atoms with Gasteiger partial charge in [0.05, 0.1) is 5.38 Å². The van der Waals surface area contributed by atoms with Crippen LogP contribution in [0.2, 0.25) is 0 Å². The summed E-state index contributed by atoms with van der Waals surface area (Å²) in [5.74, 6) is 0. The van der Waals surface area contributed by atoms with Crippen LogP contribution in [0.3, 0.4) is 0 Å². The summed E-state index contributed by atoms with van der Waals surface area (Å²) < 4.78 is -2.85. The quantitative estimate of drug-likeness (QED) is 0.437. The summed E-state index contributed by atoms with van der Waals surface area (Å²) in [6.45, 7) is 1.65. The van der Waals surface area contributed by atoms with Crippen molar-refractivity contribution in [2.45, 2.75) is 25.2 Å². The van der Waals surface area contributed by atoms with Gasteiger partial charge in [0.2, 0.25) is 3.67 Å². The predicted octanol–water partition coefficient (Wildman–Crippen LogP) is 6.36. The summed E-state index contributed by atoms with van der Waals surface area (Å²) in [4.78, 5) is 1.01. The Bertz CT molecular complexity index is 353. The van der Waals surface area contributed by atoms with Gasteiger partial charge in [-0.05, 0) is 29.9 Å². The van der Waals surface area contributed by atoms with Gasteiger partial charge in [-0.25, -0.2) is 0 Å². The smallest absolute Gasteiger partial charge is 0.120 e. The van der Waals surface area contributed by atoms with Gasteiger partial charge in [0.1, 0.15) is 0 Å². The second kappa shape index (κ2) is 6.69. The second-order valence-electron chi connectivity index (χ2n) is 3.24. The van der Waals surface area contributed by atoms with E-state index in [1.807, 2.05) is 30.3 Å². The zero-order chi connectivity index (χ0) is 13.1. The molecule has 96 valence electrons. The first kappa shape index (κ1) is 16.4. The van der Waals surface area contributed by atoms with Crippen molar-refractivity contribution in [3.63, 3.8) is 0 Å². The van der Waals surface area contributed by atoms with Crippen molar-refractivity contribution in [1.29, 1.82) is 0 Å². The Morgan fingerprint density at radius 2 is 1.59 bits per heavy atom. The molecule has 1 rings (SSSR count). The van der Waals surface area contributed by atoms with E-state index < -0.39 is 13.4 Å². The van der Waals surface area contributed by atoms with Gasteiger partial charge in [-0.1, -0.05) is 75.4 Å². The predicted molar refractivity (Wildman–Crippen MR) is 84.1 cm³/mol. The molecule has 0 saturated heterocycles. The highest BCUT2D eigenvalue weighted by Gasteiger charge is 2.51. The number of hydrogen-bond acceptors (Lipinski definition) is 2. The van der Waals surface area contributed by atoms with E-state index in [-0.39, 0.29) is 0 Å². The third kappa shape index (κ3) is 4.45. The maximum absolute atomic E-state index is 6.13. The molecule has 17 heavy (non-hydrogen) atoms. The Balaban J connectivity index is 2.68. The maximum Gasteiger partial charge on any atom is 0.207 e. The van der Waals surface area contributed by atoms with Crippen LogP contribution in [0.1, 0.15) is 6.92 Å². The lowest BCUT2D eigenvalue weighted by Crippen LogP contribution is -2.39. The van der Waals surface area contributed by atoms with E-state index in [9.17, 15) is 0 Å². The maximum atomic E-state index is 6.13. The molecule has 0 bridgehead atoms. The van der Waals surface area contributed by atoms with Crippen LogP contribution in [0.25, 0.3) is 0 Å². The van der Waals surface area contributed by atoms with E-state index in [0.717, 1.165) is 4.90 Å². The van der Waals surface area contributed by atoms with Gasteiger partial charge in [-0.15, -0.1) is 11.6 Å². The van der Waals surface area contributed by atoms with Crippen molar-refractivity contribution in [3.05, 3.63) is 30.3 Å². The van der Waals surface area contributed by atoms with E-state index >= 15 is 0 Å². The molecule has 1 atom stereocenters. The van der Waals surface area contributed by atoms with Crippen molar-refractivity contribution in [3.8, 4) is 0 Å². The fourth-order valence-corrected chi connectivity index (χ4v) is 4.69. The number of halogens is 5. The van der Waals surface area contributed by atoms with Crippen molar-refractivity contribution < 1.29 is 0 Å². The first-order valence-corrected chi connectivity index (χ1v) is 8.67. The van der Waals surface area contributed by atoms with Gasteiger partial charge < -0.3 is 0 Å². The minimum atomic E-state index is -1.44. The summed E-state index contributed by atoms with van der Waals surface area (Å²) in [6.07, 6.45) is 0. The Kier molecular flexibility index (Phi) is 6.47. The molecule has 1 aromatic carbocycles. The highest BCUT2D eigenvalue weighted by Crippen LogP contribution is 2.58. The zero-order valence-corrected chi connectivity index (χ0v) is 14.1. The molecule has 7 heteroatoms. The molecule has 0 aliphatic carbocycles. The molecule has 0 saturated carbocycles. The molecule has 0 spiro atoms. The molecular weight excluding hydrogens is 362 g/mol. The van der Waals surface area contributed by atoms with Crippen molar-refractivity contribution in [2.75, 3.05) is 0 Å². The van der Waals surface area contributed by atoms with Crippen LogP contribution in [-0.2, 0) is 0 Å². The number of alkyl halides is 5. The van der Waals surface area contributed by atoms with Crippen molar-refractivity contribution in [2.24, 2.45) is 0 Å². The Labute approximate surface area is 134 Å². The van der Waals surface area contributed by atoms with Crippen LogP contribution in [0.5, 0.6) is 0 Å². The van der Waals surface area contributed by atoms with E-state index in [1.165, 1.54) is 21.6 Å². The van der Waals surface area contributed by atoms with E-state index in [2.05, 4.69) is 0 Å². The second-order valence-corrected chi connectivity index (χ2v) is 9.47. The van der Waals surface area contributed by atoms with E-state index in [0.29, 0.717) is 0 Å². The fourth-order valence-electron chi connectivity index (χ4n) is 0.864. The minimum Gasteiger partial charge on any atom is -0.120 e. The average Bonchev–Trinajstić information content (AvgIpc) is 2.27. The molecule has 0 amide bonds. The topological polar surface area (TPSA) is 0 Å². The lowest BCUT2D eigenvalue weighted by molar-refractivity contribution is 0.779. The Morgan fingerprint density at radius 1 is 1.06 bits per heavy atom. The lowest BCUT2D eigenvalue weighted by Gasteiger charge is -2.33. The largest absolute Gasteiger partial charge is 0.207 e. The number of benzene rings is 1. The average molecular weight is 371 g/mol. The third-order valence-corrected chi connectivity index (χ3v) is 8.52. The van der Waals surface area contributed by atoms with Crippen LogP contribution in [0.4, 0.5) is 0 Å². The zero-order valence-electron chi connectivity index (χ0n) is 8.67.